The summed E-state index contributed by atoms with van der Waals surface area (Å²) >= 11 is 6.25. The molecule has 132 valence electrons. The van der Waals surface area contributed by atoms with Crippen LogP contribution in [0, 0.1) is 6.92 Å². The van der Waals surface area contributed by atoms with Gasteiger partial charge in [0.1, 0.15) is 5.65 Å². The molecule has 0 unspecified atom stereocenters. The van der Waals surface area contributed by atoms with E-state index in [4.69, 9.17) is 21.6 Å². The molecular weight excluding hydrogens is 356 g/mol. The van der Waals surface area contributed by atoms with Crippen LogP contribution in [0.2, 0.25) is 5.02 Å². The number of nitrogens with zero attached hydrogens (tertiary/aromatic N) is 3. The van der Waals surface area contributed by atoms with Crippen LogP contribution in [-0.2, 0) is 6.54 Å². The highest BCUT2D eigenvalue weighted by atomic mass is 35.5. The Morgan fingerprint density at radius 2 is 1.81 bits per heavy atom. The normalized spacial score (nSPS) is 11.5. The van der Waals surface area contributed by atoms with Crippen molar-refractivity contribution in [2.45, 2.75) is 13.5 Å². The minimum Gasteiger partial charge on any atom is -0.351 e. The number of fused-ring (bicyclic) bond motifs is 5. The number of nitrogens with one attached hydrogen (secondary N) is 1. The zero-order valence-electron chi connectivity index (χ0n) is 14.8. The van der Waals surface area contributed by atoms with E-state index >= 15 is 0 Å². The minimum atomic E-state index is 0.681. The molecule has 0 amide bonds. The Morgan fingerprint density at radius 3 is 2.67 bits per heavy atom. The summed E-state index contributed by atoms with van der Waals surface area (Å²) in [4.78, 5) is 9.79. The van der Waals surface area contributed by atoms with Crippen molar-refractivity contribution in [3.05, 3.63) is 82.9 Å². The molecule has 5 rings (SSSR count). The molecule has 5 aromatic rings. The first kappa shape index (κ1) is 16.1. The zero-order chi connectivity index (χ0) is 18.4. The van der Waals surface area contributed by atoms with Crippen molar-refractivity contribution < 1.29 is 0 Å². The van der Waals surface area contributed by atoms with E-state index < -0.39 is 0 Å². The van der Waals surface area contributed by atoms with E-state index in [1.165, 1.54) is 5.56 Å². The van der Waals surface area contributed by atoms with Crippen molar-refractivity contribution in [1.82, 2.24) is 14.4 Å². The van der Waals surface area contributed by atoms with E-state index in [0.717, 1.165) is 39.1 Å². The van der Waals surface area contributed by atoms with Crippen molar-refractivity contribution in [3.63, 3.8) is 0 Å². The molecule has 0 saturated carbocycles. The first-order chi connectivity index (χ1) is 13.2. The highest BCUT2D eigenvalue weighted by Gasteiger charge is 2.15. The number of hydrogen-bond acceptors (Lipinski definition) is 3. The second-order valence-corrected chi connectivity index (χ2v) is 7.09. The van der Waals surface area contributed by atoms with Crippen LogP contribution in [0.4, 0.5) is 5.95 Å². The summed E-state index contributed by atoms with van der Waals surface area (Å²) in [6, 6.07) is 22.2. The number of anilines is 1. The largest absolute Gasteiger partial charge is 0.351 e. The lowest BCUT2D eigenvalue weighted by molar-refractivity contribution is 1.05. The van der Waals surface area contributed by atoms with E-state index in [0.29, 0.717) is 11.6 Å². The Morgan fingerprint density at radius 1 is 0.963 bits per heavy atom. The smallest absolute Gasteiger partial charge is 0.210 e. The Hall–Kier alpha value is -3.11. The molecule has 0 radical (unpaired) electrons. The van der Waals surface area contributed by atoms with Crippen LogP contribution >= 0.6 is 11.6 Å². The summed E-state index contributed by atoms with van der Waals surface area (Å²) in [5.74, 6) is 0.775. The average molecular weight is 373 g/mol. The van der Waals surface area contributed by atoms with Gasteiger partial charge in [-0.15, -0.1) is 0 Å². The minimum absolute atomic E-state index is 0.681. The van der Waals surface area contributed by atoms with Crippen LogP contribution in [0.5, 0.6) is 0 Å². The lowest BCUT2D eigenvalue weighted by Gasteiger charge is -2.11. The van der Waals surface area contributed by atoms with Gasteiger partial charge in [-0.25, -0.2) is 9.97 Å². The fourth-order valence-electron chi connectivity index (χ4n) is 3.48. The predicted octanol–water partition coefficient (Wildman–Crippen LogP) is 5.61. The Bertz CT molecular complexity index is 1290. The molecule has 3 aromatic carbocycles. The lowest BCUT2D eigenvalue weighted by Crippen LogP contribution is -2.07. The van der Waals surface area contributed by atoms with Crippen molar-refractivity contribution in [1.29, 1.82) is 0 Å². The van der Waals surface area contributed by atoms with E-state index in [9.17, 15) is 0 Å². The van der Waals surface area contributed by atoms with E-state index in [2.05, 4.69) is 47.0 Å². The molecule has 4 nitrogen and oxygen atoms in total. The lowest BCUT2D eigenvalue weighted by atomic mass is 10.2. The molecule has 5 heteroatoms. The Kier molecular flexibility index (Phi) is 3.73. The number of para-hydroxylation sites is 1. The third kappa shape index (κ3) is 2.69. The summed E-state index contributed by atoms with van der Waals surface area (Å²) in [5, 5.41) is 5.12. The summed E-state index contributed by atoms with van der Waals surface area (Å²) in [6.45, 7) is 2.77. The third-order valence-corrected chi connectivity index (χ3v) is 5.05. The maximum atomic E-state index is 6.25. The number of aryl methyl sites for hydroxylation is 1. The second kappa shape index (κ2) is 6.25. The Balaban J connectivity index is 1.78. The molecule has 2 aromatic heterocycles. The van der Waals surface area contributed by atoms with Gasteiger partial charge in [0.15, 0.2) is 0 Å². The van der Waals surface area contributed by atoms with Crippen LogP contribution in [0.1, 0.15) is 11.1 Å². The van der Waals surface area contributed by atoms with Gasteiger partial charge in [-0.05, 0) is 42.3 Å². The van der Waals surface area contributed by atoms with Crippen LogP contribution < -0.4 is 5.32 Å². The van der Waals surface area contributed by atoms with Gasteiger partial charge >= 0.3 is 0 Å². The third-order valence-electron chi connectivity index (χ3n) is 4.82. The number of hydrogen-bond donors (Lipinski definition) is 1. The molecule has 0 spiro atoms. The summed E-state index contributed by atoms with van der Waals surface area (Å²) in [6.07, 6.45) is 0. The van der Waals surface area contributed by atoms with Gasteiger partial charge in [0.25, 0.3) is 0 Å². The topological polar surface area (TPSA) is 42.2 Å². The van der Waals surface area contributed by atoms with Crippen LogP contribution in [-0.4, -0.2) is 14.4 Å². The van der Waals surface area contributed by atoms with E-state index in [1.54, 1.807) is 0 Å². The number of benzene rings is 3. The molecule has 0 atom stereocenters. The average Bonchev–Trinajstić information content (AvgIpc) is 3.09. The standard InChI is InChI=1S/C22H17ClN4/c1-14-6-5-9-19-20(14)26-21-17-12-16(23)10-11-18(17)25-22(27(19)21)24-13-15-7-3-2-4-8-15/h2-12H,13H2,1H3,(H,24,25). The molecule has 0 saturated heterocycles. The molecule has 27 heavy (non-hydrogen) atoms. The van der Waals surface area contributed by atoms with Crippen LogP contribution in [0.3, 0.4) is 0 Å². The number of rotatable bonds is 3. The van der Waals surface area contributed by atoms with Crippen molar-refractivity contribution in [3.8, 4) is 0 Å². The number of aromatic nitrogens is 3. The summed E-state index contributed by atoms with van der Waals surface area (Å²) < 4.78 is 2.09. The van der Waals surface area contributed by atoms with Crippen LogP contribution in [0.25, 0.3) is 27.6 Å². The molecule has 0 aliphatic heterocycles. The molecule has 2 heterocycles. The zero-order valence-corrected chi connectivity index (χ0v) is 15.5. The molecule has 0 aliphatic rings. The molecule has 0 fully saturated rings. The number of imidazole rings is 1. The molecule has 0 aliphatic carbocycles. The highest BCUT2D eigenvalue weighted by Crippen LogP contribution is 2.29. The van der Waals surface area contributed by atoms with Gasteiger partial charge in [0.05, 0.1) is 16.6 Å². The molecular formula is C22H17ClN4. The second-order valence-electron chi connectivity index (χ2n) is 6.65. The SMILES string of the molecule is Cc1cccc2c1nc1c3cc(Cl)ccc3nc(NCc3ccccc3)n21. The van der Waals surface area contributed by atoms with Crippen molar-refractivity contribution in [2.75, 3.05) is 5.32 Å². The Labute approximate surface area is 161 Å². The van der Waals surface area contributed by atoms with Gasteiger partial charge in [-0.3, -0.25) is 4.40 Å². The summed E-state index contributed by atoms with van der Waals surface area (Å²) in [7, 11) is 0. The van der Waals surface area contributed by atoms with E-state index in [1.807, 2.05) is 36.4 Å². The van der Waals surface area contributed by atoms with Crippen molar-refractivity contribution >= 4 is 45.1 Å². The van der Waals surface area contributed by atoms with Gasteiger partial charge < -0.3 is 5.32 Å². The first-order valence-electron chi connectivity index (χ1n) is 8.85. The van der Waals surface area contributed by atoms with Gasteiger partial charge in [-0.2, -0.15) is 0 Å². The van der Waals surface area contributed by atoms with Gasteiger partial charge in [0, 0.05) is 17.0 Å². The quantitative estimate of drug-likeness (QED) is 0.447. The maximum Gasteiger partial charge on any atom is 0.210 e. The van der Waals surface area contributed by atoms with Crippen LogP contribution in [0.15, 0.2) is 66.7 Å². The van der Waals surface area contributed by atoms with Gasteiger partial charge in [0.2, 0.25) is 5.95 Å². The summed E-state index contributed by atoms with van der Waals surface area (Å²) in [5.41, 5.74) is 6.09. The molecule has 1 N–H and O–H groups in total. The molecule has 0 bridgehead atoms. The van der Waals surface area contributed by atoms with Crippen molar-refractivity contribution in [2.24, 2.45) is 0 Å². The fourth-order valence-corrected chi connectivity index (χ4v) is 3.65. The monoisotopic (exact) mass is 372 g/mol. The van der Waals surface area contributed by atoms with Gasteiger partial charge in [-0.1, -0.05) is 54.1 Å². The maximum absolute atomic E-state index is 6.25. The number of halogens is 1. The fraction of sp³-hybridized carbons (Fsp3) is 0.0909. The predicted molar refractivity (Wildman–Crippen MR) is 112 cm³/mol. The first-order valence-corrected chi connectivity index (χ1v) is 9.23. The van der Waals surface area contributed by atoms with E-state index in [-0.39, 0.29) is 0 Å². The highest BCUT2D eigenvalue weighted by molar-refractivity contribution is 6.31.